The largest absolute Gasteiger partial charge is 0.321 e. The Morgan fingerprint density at radius 3 is 2.47 bits per heavy atom. The lowest BCUT2D eigenvalue weighted by Gasteiger charge is -2.39. The van der Waals surface area contributed by atoms with Gasteiger partial charge >= 0.3 is 0 Å². The van der Waals surface area contributed by atoms with Gasteiger partial charge < -0.3 is 4.90 Å². The molecule has 0 spiro atoms. The van der Waals surface area contributed by atoms with E-state index < -0.39 is 6.04 Å². The Morgan fingerprint density at radius 2 is 1.95 bits per heavy atom. The van der Waals surface area contributed by atoms with Gasteiger partial charge in [-0.3, -0.25) is 19.7 Å². The van der Waals surface area contributed by atoms with E-state index in [0.29, 0.717) is 6.42 Å². The summed E-state index contributed by atoms with van der Waals surface area (Å²) in [5.74, 6) is -0.703. The number of nitrogens with zero attached hydrogens (tertiary/aromatic N) is 1. The number of rotatable bonds is 3. The van der Waals surface area contributed by atoms with Crippen molar-refractivity contribution < 1.29 is 14.4 Å². The SMILES string of the molecule is CCC1C(=O)NC(=O)CN1C(=O)C1(CC)CCCC1. The highest BCUT2D eigenvalue weighted by Gasteiger charge is 2.46. The second-order valence-electron chi connectivity index (χ2n) is 5.61. The smallest absolute Gasteiger partial charge is 0.249 e. The molecule has 1 saturated carbocycles. The van der Waals surface area contributed by atoms with Crippen LogP contribution < -0.4 is 5.32 Å². The summed E-state index contributed by atoms with van der Waals surface area (Å²) in [6.45, 7) is 3.91. The monoisotopic (exact) mass is 266 g/mol. The minimum atomic E-state index is -0.491. The lowest BCUT2D eigenvalue weighted by Crippen LogP contribution is -2.61. The van der Waals surface area contributed by atoms with Gasteiger partial charge in [-0.05, 0) is 25.7 Å². The van der Waals surface area contributed by atoms with Gasteiger partial charge in [-0.15, -0.1) is 0 Å². The maximum absolute atomic E-state index is 12.8. The van der Waals surface area contributed by atoms with Gasteiger partial charge in [0.15, 0.2) is 0 Å². The first-order valence-corrected chi connectivity index (χ1v) is 7.19. The van der Waals surface area contributed by atoms with Crippen LogP contribution in [-0.2, 0) is 14.4 Å². The zero-order valence-corrected chi connectivity index (χ0v) is 11.7. The third-order valence-corrected chi connectivity index (χ3v) is 4.59. The quantitative estimate of drug-likeness (QED) is 0.781. The molecule has 5 heteroatoms. The Labute approximate surface area is 113 Å². The fourth-order valence-corrected chi connectivity index (χ4v) is 3.36. The summed E-state index contributed by atoms with van der Waals surface area (Å²) >= 11 is 0. The molecule has 0 radical (unpaired) electrons. The predicted octanol–water partition coefficient (Wildman–Crippen LogP) is 1.22. The summed E-state index contributed by atoms with van der Waals surface area (Å²) in [6.07, 6.45) is 5.21. The summed E-state index contributed by atoms with van der Waals surface area (Å²) in [4.78, 5) is 37.7. The van der Waals surface area contributed by atoms with E-state index >= 15 is 0 Å². The molecular formula is C14H22N2O3. The number of piperazine rings is 1. The maximum Gasteiger partial charge on any atom is 0.249 e. The molecule has 1 unspecified atom stereocenters. The van der Waals surface area contributed by atoms with Crippen LogP contribution in [0, 0.1) is 5.41 Å². The van der Waals surface area contributed by atoms with E-state index in [2.05, 4.69) is 5.32 Å². The summed E-state index contributed by atoms with van der Waals surface area (Å²) in [7, 11) is 0. The summed E-state index contributed by atoms with van der Waals surface area (Å²) in [6, 6.07) is -0.491. The van der Waals surface area contributed by atoms with Gasteiger partial charge in [0.05, 0.1) is 0 Å². The van der Waals surface area contributed by atoms with Gasteiger partial charge in [-0.2, -0.15) is 0 Å². The van der Waals surface area contributed by atoms with Crippen LogP contribution in [0.5, 0.6) is 0 Å². The number of hydrogen-bond acceptors (Lipinski definition) is 3. The summed E-state index contributed by atoms with van der Waals surface area (Å²) in [5.41, 5.74) is -0.342. The van der Waals surface area contributed by atoms with Crippen molar-refractivity contribution in [1.29, 1.82) is 0 Å². The minimum absolute atomic E-state index is 0.00236. The van der Waals surface area contributed by atoms with Crippen molar-refractivity contribution in [2.75, 3.05) is 6.54 Å². The number of amides is 3. The Kier molecular flexibility index (Phi) is 3.92. The van der Waals surface area contributed by atoms with E-state index in [1.54, 1.807) is 0 Å². The number of nitrogens with one attached hydrogen (secondary N) is 1. The lowest BCUT2D eigenvalue weighted by atomic mass is 9.81. The zero-order valence-electron chi connectivity index (χ0n) is 11.7. The summed E-state index contributed by atoms with van der Waals surface area (Å²) in [5, 5.41) is 2.31. The van der Waals surface area contributed by atoms with E-state index in [-0.39, 0.29) is 29.7 Å². The molecule has 3 amide bonds. The van der Waals surface area contributed by atoms with E-state index in [0.717, 1.165) is 32.1 Å². The van der Waals surface area contributed by atoms with Crippen LogP contribution in [0.3, 0.4) is 0 Å². The standard InChI is InChI=1S/C14H22N2O3/c1-3-10-12(18)15-11(17)9-16(10)13(19)14(4-2)7-5-6-8-14/h10H,3-9H2,1-2H3,(H,15,17,18). The highest BCUT2D eigenvalue weighted by atomic mass is 16.2. The molecule has 1 aliphatic carbocycles. The summed E-state index contributed by atoms with van der Waals surface area (Å²) < 4.78 is 0. The molecule has 0 aromatic heterocycles. The van der Waals surface area contributed by atoms with Gasteiger partial charge in [-0.25, -0.2) is 0 Å². The number of imide groups is 1. The van der Waals surface area contributed by atoms with Crippen LogP contribution in [0.2, 0.25) is 0 Å². The van der Waals surface area contributed by atoms with Crippen molar-refractivity contribution >= 4 is 17.7 Å². The normalized spacial score (nSPS) is 26.4. The van der Waals surface area contributed by atoms with Crippen LogP contribution >= 0.6 is 0 Å². The highest BCUT2D eigenvalue weighted by molar-refractivity contribution is 6.04. The Morgan fingerprint density at radius 1 is 1.32 bits per heavy atom. The van der Waals surface area contributed by atoms with Crippen molar-refractivity contribution in [2.45, 2.75) is 58.4 Å². The highest BCUT2D eigenvalue weighted by Crippen LogP contribution is 2.43. The van der Waals surface area contributed by atoms with Crippen LogP contribution in [0.15, 0.2) is 0 Å². The van der Waals surface area contributed by atoms with Gasteiger partial charge in [0.2, 0.25) is 17.7 Å². The van der Waals surface area contributed by atoms with Gasteiger partial charge in [0, 0.05) is 5.41 Å². The molecule has 0 aromatic carbocycles. The molecule has 1 saturated heterocycles. The molecule has 2 aliphatic rings. The minimum Gasteiger partial charge on any atom is -0.321 e. The lowest BCUT2D eigenvalue weighted by molar-refractivity contribution is -0.156. The first kappa shape index (κ1) is 14.0. The van der Waals surface area contributed by atoms with Gasteiger partial charge in [-0.1, -0.05) is 26.7 Å². The topological polar surface area (TPSA) is 66.5 Å². The molecule has 0 bridgehead atoms. The number of carbonyl (C=O) groups is 3. The fraction of sp³-hybridized carbons (Fsp3) is 0.786. The average Bonchev–Trinajstić information content (AvgIpc) is 2.87. The molecule has 106 valence electrons. The van der Waals surface area contributed by atoms with E-state index in [1.165, 1.54) is 4.90 Å². The molecule has 2 fully saturated rings. The van der Waals surface area contributed by atoms with Crippen LogP contribution in [0.1, 0.15) is 52.4 Å². The number of carbonyl (C=O) groups excluding carboxylic acids is 3. The Balaban J connectivity index is 2.24. The second kappa shape index (κ2) is 5.31. The predicted molar refractivity (Wildman–Crippen MR) is 70.1 cm³/mol. The Bertz CT molecular complexity index is 399. The van der Waals surface area contributed by atoms with Crippen LogP contribution in [0.4, 0.5) is 0 Å². The van der Waals surface area contributed by atoms with E-state index in [9.17, 15) is 14.4 Å². The maximum atomic E-state index is 12.8. The van der Waals surface area contributed by atoms with Crippen molar-refractivity contribution in [2.24, 2.45) is 5.41 Å². The van der Waals surface area contributed by atoms with Crippen LogP contribution in [-0.4, -0.2) is 35.2 Å². The zero-order chi connectivity index (χ0) is 14.0. The van der Waals surface area contributed by atoms with Crippen molar-refractivity contribution in [1.82, 2.24) is 10.2 Å². The van der Waals surface area contributed by atoms with Crippen molar-refractivity contribution in [3.8, 4) is 0 Å². The van der Waals surface area contributed by atoms with Crippen LogP contribution in [0.25, 0.3) is 0 Å². The molecule has 1 heterocycles. The van der Waals surface area contributed by atoms with Gasteiger partial charge in [0.25, 0.3) is 0 Å². The van der Waals surface area contributed by atoms with Crippen molar-refractivity contribution in [3.05, 3.63) is 0 Å². The molecule has 19 heavy (non-hydrogen) atoms. The molecule has 5 nitrogen and oxygen atoms in total. The number of hydrogen-bond donors (Lipinski definition) is 1. The Hall–Kier alpha value is -1.39. The van der Waals surface area contributed by atoms with Crippen molar-refractivity contribution in [3.63, 3.8) is 0 Å². The molecule has 1 N–H and O–H groups in total. The third-order valence-electron chi connectivity index (χ3n) is 4.59. The first-order chi connectivity index (χ1) is 9.04. The van der Waals surface area contributed by atoms with E-state index in [4.69, 9.17) is 0 Å². The second-order valence-corrected chi connectivity index (χ2v) is 5.61. The average molecular weight is 266 g/mol. The molecule has 1 aliphatic heterocycles. The third kappa shape index (κ3) is 2.38. The fourth-order valence-electron chi connectivity index (χ4n) is 3.36. The van der Waals surface area contributed by atoms with Gasteiger partial charge in [0.1, 0.15) is 12.6 Å². The molecule has 1 atom stereocenters. The molecule has 0 aromatic rings. The first-order valence-electron chi connectivity index (χ1n) is 7.19. The van der Waals surface area contributed by atoms with E-state index in [1.807, 2.05) is 13.8 Å². The molecule has 2 rings (SSSR count). The molecular weight excluding hydrogens is 244 g/mol.